The maximum absolute atomic E-state index is 9.51. The Kier molecular flexibility index (Phi) is 3.09. The number of nitrogens with one attached hydrogen (secondary N) is 1. The van der Waals surface area contributed by atoms with Gasteiger partial charge in [-0.2, -0.15) is 0 Å². The quantitative estimate of drug-likeness (QED) is 0.589. The number of aryl methyl sites for hydroxylation is 1. The van der Waals surface area contributed by atoms with Gasteiger partial charge < -0.3 is 10.4 Å². The molecule has 22 heavy (non-hydrogen) atoms. The summed E-state index contributed by atoms with van der Waals surface area (Å²) in [6.07, 6.45) is 2.01. The molecule has 7 heteroatoms. The molecule has 0 fully saturated rings. The maximum Gasteiger partial charge on any atom is 0.194 e. The van der Waals surface area contributed by atoms with Crippen molar-refractivity contribution in [1.29, 1.82) is 0 Å². The molecule has 0 aliphatic heterocycles. The number of phenolic OH excluding ortho intramolecular Hbond substituents is 1. The molecular formula is C15H12N4OS2. The molecule has 1 aromatic carbocycles. The minimum Gasteiger partial charge on any atom is -0.508 e. The summed E-state index contributed by atoms with van der Waals surface area (Å²) < 4.78 is 2.06. The van der Waals surface area contributed by atoms with Crippen LogP contribution in [0.4, 0.5) is 10.8 Å². The highest BCUT2D eigenvalue weighted by Gasteiger charge is 2.14. The first-order valence-electron chi connectivity index (χ1n) is 6.65. The van der Waals surface area contributed by atoms with Crippen molar-refractivity contribution in [3.63, 3.8) is 0 Å². The van der Waals surface area contributed by atoms with Crippen molar-refractivity contribution in [3.05, 3.63) is 46.9 Å². The molecule has 0 unspecified atom stereocenters. The van der Waals surface area contributed by atoms with E-state index >= 15 is 0 Å². The van der Waals surface area contributed by atoms with E-state index in [9.17, 15) is 5.11 Å². The minimum atomic E-state index is 0.230. The van der Waals surface area contributed by atoms with Gasteiger partial charge in [0, 0.05) is 28.7 Å². The van der Waals surface area contributed by atoms with Gasteiger partial charge >= 0.3 is 0 Å². The van der Waals surface area contributed by atoms with Crippen LogP contribution in [0.3, 0.4) is 0 Å². The number of imidazole rings is 1. The fourth-order valence-corrected chi connectivity index (χ4v) is 3.82. The number of fused-ring (bicyclic) bond motifs is 1. The lowest BCUT2D eigenvalue weighted by Gasteiger charge is -2.02. The van der Waals surface area contributed by atoms with Crippen LogP contribution in [0, 0.1) is 6.92 Å². The molecule has 0 spiro atoms. The molecule has 0 aliphatic carbocycles. The Morgan fingerprint density at radius 3 is 3.00 bits per heavy atom. The van der Waals surface area contributed by atoms with Gasteiger partial charge in [0.2, 0.25) is 0 Å². The number of hydrogen-bond acceptors (Lipinski definition) is 6. The smallest absolute Gasteiger partial charge is 0.194 e. The second-order valence-corrected chi connectivity index (χ2v) is 6.55. The number of anilines is 2. The highest BCUT2D eigenvalue weighted by molar-refractivity contribution is 7.15. The molecule has 0 radical (unpaired) electrons. The Bertz CT molecular complexity index is 953. The number of rotatable bonds is 3. The van der Waals surface area contributed by atoms with Crippen molar-refractivity contribution >= 4 is 38.5 Å². The molecule has 0 bridgehead atoms. The van der Waals surface area contributed by atoms with Crippen LogP contribution in [0.1, 0.15) is 5.69 Å². The van der Waals surface area contributed by atoms with Crippen molar-refractivity contribution in [3.8, 4) is 17.1 Å². The van der Waals surface area contributed by atoms with E-state index in [-0.39, 0.29) is 5.75 Å². The summed E-state index contributed by atoms with van der Waals surface area (Å²) in [6, 6.07) is 6.99. The molecular weight excluding hydrogens is 316 g/mol. The summed E-state index contributed by atoms with van der Waals surface area (Å²) in [4.78, 5) is 10.2. The van der Waals surface area contributed by atoms with Crippen LogP contribution in [0.25, 0.3) is 16.3 Å². The first-order chi connectivity index (χ1) is 10.7. The second-order valence-electron chi connectivity index (χ2n) is 4.81. The predicted octanol–water partition coefficient (Wildman–Crippen LogP) is 4.28. The van der Waals surface area contributed by atoms with Crippen LogP contribution >= 0.6 is 22.7 Å². The minimum absolute atomic E-state index is 0.230. The first-order valence-corrected chi connectivity index (χ1v) is 8.41. The molecule has 3 aromatic heterocycles. The first kappa shape index (κ1) is 13.3. The molecule has 0 atom stereocenters. The highest BCUT2D eigenvalue weighted by atomic mass is 32.1. The normalized spacial score (nSPS) is 11.1. The van der Waals surface area contributed by atoms with E-state index in [4.69, 9.17) is 0 Å². The zero-order chi connectivity index (χ0) is 15.1. The Morgan fingerprint density at radius 2 is 2.14 bits per heavy atom. The fraction of sp³-hybridized carbons (Fsp3) is 0.0667. The van der Waals surface area contributed by atoms with Crippen LogP contribution < -0.4 is 5.32 Å². The van der Waals surface area contributed by atoms with Gasteiger partial charge in [-0.05, 0) is 19.1 Å². The molecule has 0 saturated heterocycles. The van der Waals surface area contributed by atoms with Gasteiger partial charge in [-0.15, -0.1) is 22.7 Å². The molecule has 110 valence electrons. The summed E-state index contributed by atoms with van der Waals surface area (Å²) in [7, 11) is 0. The largest absolute Gasteiger partial charge is 0.508 e. The van der Waals surface area contributed by atoms with E-state index < -0.39 is 0 Å². The van der Waals surface area contributed by atoms with Gasteiger partial charge in [0.15, 0.2) is 10.1 Å². The topological polar surface area (TPSA) is 62.5 Å². The van der Waals surface area contributed by atoms with E-state index in [0.29, 0.717) is 0 Å². The number of hydrogen-bond donors (Lipinski definition) is 2. The predicted molar refractivity (Wildman–Crippen MR) is 90.3 cm³/mol. The number of aromatic nitrogens is 3. The molecule has 5 nitrogen and oxygen atoms in total. The third-order valence-corrected chi connectivity index (χ3v) is 4.79. The van der Waals surface area contributed by atoms with Crippen LogP contribution in [-0.4, -0.2) is 19.5 Å². The van der Waals surface area contributed by atoms with E-state index in [2.05, 4.69) is 19.7 Å². The van der Waals surface area contributed by atoms with Gasteiger partial charge in [-0.1, -0.05) is 6.07 Å². The lowest BCUT2D eigenvalue weighted by molar-refractivity contribution is 0.475. The average Bonchev–Trinajstić information content (AvgIpc) is 3.15. The van der Waals surface area contributed by atoms with Crippen molar-refractivity contribution in [2.24, 2.45) is 0 Å². The molecule has 0 amide bonds. The summed E-state index contributed by atoms with van der Waals surface area (Å²) in [6.45, 7) is 2.00. The van der Waals surface area contributed by atoms with Gasteiger partial charge in [-0.3, -0.25) is 4.40 Å². The maximum atomic E-state index is 9.51. The molecule has 0 aliphatic rings. The van der Waals surface area contributed by atoms with Crippen molar-refractivity contribution in [2.45, 2.75) is 6.92 Å². The molecule has 0 saturated carbocycles. The summed E-state index contributed by atoms with van der Waals surface area (Å²) in [5, 5.41) is 17.5. The highest BCUT2D eigenvalue weighted by Crippen LogP contribution is 2.31. The Labute approximate surface area is 134 Å². The summed E-state index contributed by atoms with van der Waals surface area (Å²) in [5.74, 6) is 0.230. The third-order valence-electron chi connectivity index (χ3n) is 3.28. The number of nitrogens with zero attached hydrogens (tertiary/aromatic N) is 3. The molecule has 2 N–H and O–H groups in total. The Balaban J connectivity index is 1.69. The number of aromatic hydroxyl groups is 1. The van der Waals surface area contributed by atoms with Crippen molar-refractivity contribution in [2.75, 3.05) is 5.32 Å². The van der Waals surface area contributed by atoms with Crippen molar-refractivity contribution < 1.29 is 5.11 Å². The lowest BCUT2D eigenvalue weighted by Crippen LogP contribution is -1.90. The van der Waals surface area contributed by atoms with Crippen LogP contribution in [-0.2, 0) is 0 Å². The molecule has 3 heterocycles. The van der Waals surface area contributed by atoms with E-state index in [0.717, 1.165) is 32.9 Å². The van der Waals surface area contributed by atoms with Crippen LogP contribution in [0.15, 0.2) is 41.2 Å². The van der Waals surface area contributed by atoms with E-state index in [1.54, 1.807) is 29.5 Å². The molecule has 4 aromatic rings. The number of thiazole rings is 2. The van der Waals surface area contributed by atoms with Gasteiger partial charge in [0.25, 0.3) is 0 Å². The standard InChI is InChI=1S/C15H12N4OS2/c1-9-13(19-5-6-21-15(19)16-9)12-8-22-14(18-12)17-10-3-2-4-11(20)7-10/h2-8,20H,1H3,(H,17,18). The average molecular weight is 328 g/mol. The second kappa shape index (κ2) is 5.11. The van der Waals surface area contributed by atoms with Gasteiger partial charge in [0.05, 0.1) is 11.4 Å². The molecule has 4 rings (SSSR count). The zero-order valence-electron chi connectivity index (χ0n) is 11.6. The van der Waals surface area contributed by atoms with E-state index in [1.165, 1.54) is 11.3 Å². The van der Waals surface area contributed by atoms with E-state index in [1.807, 2.05) is 29.9 Å². The fourth-order valence-electron chi connectivity index (χ4n) is 2.35. The monoisotopic (exact) mass is 328 g/mol. The number of benzene rings is 1. The Morgan fingerprint density at radius 1 is 1.23 bits per heavy atom. The Hall–Kier alpha value is -2.38. The van der Waals surface area contributed by atoms with Crippen LogP contribution in [0.5, 0.6) is 5.75 Å². The lowest BCUT2D eigenvalue weighted by atomic mass is 10.3. The van der Waals surface area contributed by atoms with Crippen molar-refractivity contribution in [1.82, 2.24) is 14.4 Å². The summed E-state index contributed by atoms with van der Waals surface area (Å²) >= 11 is 3.14. The zero-order valence-corrected chi connectivity index (χ0v) is 13.3. The van der Waals surface area contributed by atoms with Gasteiger partial charge in [0.1, 0.15) is 11.4 Å². The summed E-state index contributed by atoms with van der Waals surface area (Å²) in [5.41, 5.74) is 3.71. The SMILES string of the molecule is Cc1nc2sccn2c1-c1csc(Nc2cccc(O)c2)n1. The van der Waals surface area contributed by atoms with Gasteiger partial charge in [-0.25, -0.2) is 9.97 Å². The van der Waals surface area contributed by atoms with Crippen LogP contribution in [0.2, 0.25) is 0 Å². The third kappa shape index (κ3) is 2.24. The number of phenols is 1.